The zero-order chi connectivity index (χ0) is 13.1. The fraction of sp³-hybridized carbons (Fsp3) is 1.00. The first-order valence-corrected chi connectivity index (χ1v) is 6.68. The molecule has 3 aliphatic heterocycles. The van der Waals surface area contributed by atoms with Gasteiger partial charge in [-0.1, -0.05) is 6.32 Å². The number of hydrogen-bond donors (Lipinski definition) is 0. The van der Waals surface area contributed by atoms with Gasteiger partial charge in [0.2, 0.25) is 0 Å². The van der Waals surface area contributed by atoms with Crippen LogP contribution < -0.4 is 0 Å². The minimum atomic E-state index is -0.626. The van der Waals surface area contributed by atoms with Crippen LogP contribution in [0.2, 0.25) is 6.32 Å². The van der Waals surface area contributed by atoms with Crippen LogP contribution in [0, 0.1) is 0 Å². The summed E-state index contributed by atoms with van der Waals surface area (Å²) in [4.78, 5) is 0. The van der Waals surface area contributed by atoms with Gasteiger partial charge in [-0.2, -0.15) is 0 Å². The molecule has 0 N–H and O–H groups in total. The van der Waals surface area contributed by atoms with E-state index < -0.39 is 11.6 Å². The third-order valence-corrected chi connectivity index (χ3v) is 3.65. The first-order chi connectivity index (χ1) is 8.31. The van der Waals surface area contributed by atoms with E-state index in [2.05, 4.69) is 7.85 Å². The second-order valence-corrected chi connectivity index (χ2v) is 6.12. The van der Waals surface area contributed by atoms with Gasteiger partial charge in [0.15, 0.2) is 17.9 Å². The molecule has 0 amide bonds. The summed E-state index contributed by atoms with van der Waals surface area (Å²) in [6.45, 7) is 7.64. The Morgan fingerprint density at radius 2 is 1.39 bits per heavy atom. The number of rotatable bonds is 1. The summed E-state index contributed by atoms with van der Waals surface area (Å²) >= 11 is 0. The van der Waals surface area contributed by atoms with Gasteiger partial charge in [0.1, 0.15) is 26.2 Å². The van der Waals surface area contributed by atoms with E-state index in [9.17, 15) is 0 Å². The lowest BCUT2D eigenvalue weighted by atomic mass is 9.89. The Morgan fingerprint density at radius 3 is 2.06 bits per heavy atom. The van der Waals surface area contributed by atoms with Gasteiger partial charge < -0.3 is 23.7 Å². The minimum Gasteiger partial charge on any atom is -0.344 e. The molecular weight excluding hydrogens is 235 g/mol. The van der Waals surface area contributed by atoms with Crippen molar-refractivity contribution in [3.05, 3.63) is 0 Å². The SMILES string of the molecule is BCC1O[C@@H]2OC(C)(C)OC2C2OC(C)(C)O[C@@H]12. The summed E-state index contributed by atoms with van der Waals surface area (Å²) in [6, 6.07) is 0. The maximum atomic E-state index is 5.98. The van der Waals surface area contributed by atoms with E-state index in [-0.39, 0.29) is 30.7 Å². The van der Waals surface area contributed by atoms with E-state index in [1.807, 2.05) is 27.7 Å². The van der Waals surface area contributed by atoms with Crippen molar-refractivity contribution in [2.45, 2.75) is 76.3 Å². The van der Waals surface area contributed by atoms with E-state index in [1.165, 1.54) is 0 Å². The molecule has 0 aromatic carbocycles. The summed E-state index contributed by atoms with van der Waals surface area (Å²) in [5, 5.41) is 0. The molecule has 3 saturated heterocycles. The Morgan fingerprint density at radius 1 is 0.833 bits per heavy atom. The van der Waals surface area contributed by atoms with Gasteiger partial charge in [0, 0.05) is 0 Å². The van der Waals surface area contributed by atoms with Crippen LogP contribution in [0.15, 0.2) is 0 Å². The molecule has 5 nitrogen and oxygen atoms in total. The van der Waals surface area contributed by atoms with Crippen molar-refractivity contribution in [1.29, 1.82) is 0 Å². The summed E-state index contributed by atoms with van der Waals surface area (Å²) in [5.74, 6) is -1.21. The topological polar surface area (TPSA) is 46.2 Å². The maximum absolute atomic E-state index is 5.98. The quantitative estimate of drug-likeness (QED) is 0.637. The highest BCUT2D eigenvalue weighted by atomic mass is 16.9. The van der Waals surface area contributed by atoms with Crippen molar-refractivity contribution in [3.63, 3.8) is 0 Å². The normalized spacial score (nSPS) is 48.8. The fourth-order valence-electron chi connectivity index (χ4n) is 3.02. The molecule has 3 rings (SSSR count). The zero-order valence-corrected chi connectivity index (χ0v) is 11.6. The molecule has 0 radical (unpaired) electrons. The second kappa shape index (κ2) is 3.93. The molecule has 0 spiro atoms. The number of ether oxygens (including phenoxy) is 5. The third kappa shape index (κ3) is 2.00. The highest BCUT2D eigenvalue weighted by Crippen LogP contribution is 2.44. The molecule has 0 aromatic rings. The average Bonchev–Trinajstić information content (AvgIpc) is 2.71. The van der Waals surface area contributed by atoms with Crippen LogP contribution in [0.1, 0.15) is 27.7 Å². The largest absolute Gasteiger partial charge is 0.344 e. The van der Waals surface area contributed by atoms with E-state index in [4.69, 9.17) is 23.7 Å². The second-order valence-electron chi connectivity index (χ2n) is 6.12. The highest BCUT2D eigenvalue weighted by Gasteiger charge is 2.60. The molecule has 3 fully saturated rings. The third-order valence-electron chi connectivity index (χ3n) is 3.65. The standard InChI is InChI=1S/C12H21BO5/c1-11(2)15-7-6(5-13)14-10-9(8(7)16-11)17-12(3,4)18-10/h6-10H,5,13H2,1-4H3/t6?,7-,8?,9?,10+/m0/s1. The summed E-state index contributed by atoms with van der Waals surface area (Å²) < 4.78 is 29.6. The lowest BCUT2D eigenvalue weighted by molar-refractivity contribution is -0.229. The molecule has 0 aliphatic carbocycles. The molecule has 0 aromatic heterocycles. The molecule has 3 unspecified atom stereocenters. The van der Waals surface area contributed by atoms with Crippen molar-refractivity contribution >= 4 is 7.85 Å². The van der Waals surface area contributed by atoms with Crippen molar-refractivity contribution in [1.82, 2.24) is 0 Å². The smallest absolute Gasteiger partial charge is 0.190 e. The summed E-state index contributed by atoms with van der Waals surface area (Å²) in [5.41, 5.74) is 0. The van der Waals surface area contributed by atoms with Crippen molar-refractivity contribution in [3.8, 4) is 0 Å². The van der Waals surface area contributed by atoms with Crippen molar-refractivity contribution in [2.75, 3.05) is 0 Å². The van der Waals surface area contributed by atoms with Gasteiger partial charge in [-0.25, -0.2) is 0 Å². The first-order valence-electron chi connectivity index (χ1n) is 6.68. The highest BCUT2D eigenvalue weighted by molar-refractivity contribution is 6.08. The Balaban J connectivity index is 1.86. The van der Waals surface area contributed by atoms with Crippen LogP contribution in [0.3, 0.4) is 0 Å². The van der Waals surface area contributed by atoms with Crippen LogP contribution in [0.5, 0.6) is 0 Å². The van der Waals surface area contributed by atoms with Crippen LogP contribution in [-0.4, -0.2) is 50.1 Å². The van der Waals surface area contributed by atoms with Crippen LogP contribution >= 0.6 is 0 Å². The fourth-order valence-corrected chi connectivity index (χ4v) is 3.02. The van der Waals surface area contributed by atoms with Gasteiger partial charge >= 0.3 is 0 Å². The molecule has 5 atom stereocenters. The molecule has 3 aliphatic rings. The predicted molar refractivity (Wildman–Crippen MR) is 65.9 cm³/mol. The van der Waals surface area contributed by atoms with Crippen molar-refractivity contribution in [2.24, 2.45) is 0 Å². The van der Waals surface area contributed by atoms with Crippen LogP contribution in [-0.2, 0) is 23.7 Å². The van der Waals surface area contributed by atoms with Gasteiger partial charge in [0.25, 0.3) is 0 Å². The van der Waals surface area contributed by atoms with Crippen LogP contribution in [0.4, 0.5) is 0 Å². The Bertz CT molecular complexity index is 345. The first kappa shape index (κ1) is 12.9. The summed E-state index contributed by atoms with van der Waals surface area (Å²) in [7, 11) is 2.08. The molecule has 18 heavy (non-hydrogen) atoms. The molecular formula is C12H21BO5. The molecule has 0 saturated carbocycles. The minimum absolute atomic E-state index is 0.00414. The molecule has 6 heteroatoms. The number of fused-ring (bicyclic) bond motifs is 3. The van der Waals surface area contributed by atoms with Gasteiger partial charge in [0.05, 0.1) is 6.10 Å². The van der Waals surface area contributed by atoms with E-state index >= 15 is 0 Å². The van der Waals surface area contributed by atoms with Gasteiger partial charge in [-0.05, 0) is 27.7 Å². The Labute approximate surface area is 108 Å². The van der Waals surface area contributed by atoms with Crippen molar-refractivity contribution < 1.29 is 23.7 Å². The van der Waals surface area contributed by atoms with Gasteiger partial charge in [-0.3, -0.25) is 0 Å². The Kier molecular flexibility index (Phi) is 2.81. The zero-order valence-electron chi connectivity index (χ0n) is 11.6. The van der Waals surface area contributed by atoms with Gasteiger partial charge in [-0.15, -0.1) is 0 Å². The molecule has 3 heterocycles. The monoisotopic (exact) mass is 256 g/mol. The molecule has 0 bridgehead atoms. The lowest BCUT2D eigenvalue weighted by Gasteiger charge is -2.36. The van der Waals surface area contributed by atoms with E-state index in [0.717, 1.165) is 6.32 Å². The predicted octanol–water partition coefficient (Wildman–Crippen LogP) is 0.434. The molecule has 102 valence electrons. The lowest BCUT2D eigenvalue weighted by Crippen LogP contribution is -2.54. The summed E-state index contributed by atoms with van der Waals surface area (Å²) in [6.07, 6.45) is 0.0937. The average molecular weight is 256 g/mol. The van der Waals surface area contributed by atoms with E-state index in [0.29, 0.717) is 0 Å². The van der Waals surface area contributed by atoms with E-state index in [1.54, 1.807) is 0 Å². The maximum Gasteiger partial charge on any atom is 0.190 e. The Hall–Kier alpha value is -0.135. The number of hydrogen-bond acceptors (Lipinski definition) is 5. The van der Waals surface area contributed by atoms with Crippen LogP contribution in [0.25, 0.3) is 0 Å².